The molecule has 0 aliphatic carbocycles. The number of hydrogen-bond donors (Lipinski definition) is 1. The molecule has 1 aromatic heterocycles. The Morgan fingerprint density at radius 1 is 1.24 bits per heavy atom. The van der Waals surface area contributed by atoms with E-state index in [0.29, 0.717) is 21.4 Å². The van der Waals surface area contributed by atoms with Crippen LogP contribution in [0.15, 0.2) is 42.4 Å². The minimum Gasteiger partial charge on any atom is -0.454 e. The third-order valence-corrected chi connectivity index (χ3v) is 5.37. The maximum Gasteiger partial charge on any atom is 0.245 e. The van der Waals surface area contributed by atoms with Crippen molar-refractivity contribution >= 4 is 22.7 Å². The number of H-pyrrole nitrogens is 1. The summed E-state index contributed by atoms with van der Waals surface area (Å²) in [5.74, 6) is -3.01. The van der Waals surface area contributed by atoms with Crippen molar-refractivity contribution in [2.75, 3.05) is 20.3 Å². The maximum atomic E-state index is 13.6. The Hall–Kier alpha value is -3.48. The minimum atomic E-state index is -2.83. The van der Waals surface area contributed by atoms with Crippen molar-refractivity contribution in [2.45, 2.75) is 18.5 Å². The highest BCUT2D eigenvalue weighted by Gasteiger charge is 2.47. The molecule has 146 valence electrons. The summed E-state index contributed by atoms with van der Waals surface area (Å²) in [5, 5.41) is 0.645. The normalized spacial score (nSPS) is 32.8. The van der Waals surface area contributed by atoms with Crippen LogP contribution in [0.5, 0.6) is 11.5 Å². The van der Waals surface area contributed by atoms with Crippen LogP contribution in [-0.4, -0.2) is 52.9 Å². The number of aromatic nitrogens is 1. The highest BCUT2D eigenvalue weighted by molar-refractivity contribution is 5.97. The number of amides is 2. The molecule has 0 saturated carbocycles. The molecule has 1 fully saturated rings. The van der Waals surface area contributed by atoms with Gasteiger partial charge in [0, 0.05) is 30.1 Å². The first kappa shape index (κ1) is 10.3. The number of piperazine rings is 1. The average Bonchev–Trinajstić information content (AvgIpc) is 3.38. The van der Waals surface area contributed by atoms with Crippen LogP contribution in [0, 0.1) is 0 Å². The minimum absolute atomic E-state index is 0.0368. The number of carbonyl (C=O) groups is 2. The van der Waals surface area contributed by atoms with Gasteiger partial charge >= 0.3 is 0 Å². The summed E-state index contributed by atoms with van der Waals surface area (Å²) < 4.78 is 77.9. The topological polar surface area (TPSA) is 74.9 Å². The second-order valence-electron chi connectivity index (χ2n) is 6.97. The van der Waals surface area contributed by atoms with Crippen molar-refractivity contribution in [3.8, 4) is 11.5 Å². The van der Waals surface area contributed by atoms with E-state index in [1.165, 1.54) is 0 Å². The van der Waals surface area contributed by atoms with Gasteiger partial charge in [-0.05, 0) is 29.3 Å². The number of ether oxygens (including phenoxy) is 2. The zero-order chi connectivity index (χ0) is 26.8. The zero-order valence-electron chi connectivity index (χ0n) is 23.1. The third kappa shape index (κ3) is 2.24. The molecule has 0 radical (unpaired) electrons. The number of nitrogens with zero attached hydrogens (tertiary/aromatic N) is 2. The predicted molar refractivity (Wildman–Crippen MR) is 105 cm³/mol. The van der Waals surface area contributed by atoms with Crippen LogP contribution >= 0.6 is 0 Å². The number of rotatable bonds is 1. The van der Waals surface area contributed by atoms with E-state index in [1.807, 2.05) is 0 Å². The van der Waals surface area contributed by atoms with Crippen LogP contribution in [-0.2, 0) is 16.0 Å². The molecule has 7 heteroatoms. The zero-order valence-corrected chi connectivity index (χ0v) is 15.1. The fourth-order valence-electron chi connectivity index (χ4n) is 4.08. The lowest BCUT2D eigenvalue weighted by Crippen LogP contribution is -2.62. The van der Waals surface area contributed by atoms with Gasteiger partial charge < -0.3 is 24.3 Å². The fourth-order valence-corrected chi connectivity index (χ4v) is 4.08. The largest absolute Gasteiger partial charge is 0.454 e. The Balaban J connectivity index is 1.73. The van der Waals surface area contributed by atoms with Crippen LogP contribution in [0.1, 0.15) is 33.8 Å². The van der Waals surface area contributed by atoms with Crippen molar-refractivity contribution in [2.24, 2.45) is 0 Å². The summed E-state index contributed by atoms with van der Waals surface area (Å²) in [4.78, 5) is 31.5. The smallest absolute Gasteiger partial charge is 0.245 e. The van der Waals surface area contributed by atoms with Crippen molar-refractivity contribution in [3.05, 3.63) is 59.2 Å². The first-order chi connectivity index (χ1) is 17.2. The van der Waals surface area contributed by atoms with Crippen LogP contribution in [0.2, 0.25) is 0 Å². The standard InChI is InChI=1S/C22H19N3O4/c1-24-10-19(26)25-16(22(24)27)9-14-13-4-2-3-5-15(13)23-20(14)21(25)12-6-7-17-18(8-12)29-11-28-17/h2-8,16,21,23H,9-11H2,1H3/t16-,21-/m1/s1/i6D,7D,8D,10D2,11D2,21D. The highest BCUT2D eigenvalue weighted by atomic mass is 16.7. The lowest BCUT2D eigenvalue weighted by atomic mass is 9.86. The second-order valence-corrected chi connectivity index (χ2v) is 6.97. The number of carbonyl (C=O) groups excluding carboxylic acids is 2. The molecule has 7 nitrogen and oxygen atoms in total. The van der Waals surface area contributed by atoms with Gasteiger partial charge in [-0.25, -0.2) is 0 Å². The Labute approximate surface area is 178 Å². The van der Waals surface area contributed by atoms with E-state index in [4.69, 9.17) is 19.1 Å². The Kier molecular flexibility index (Phi) is 2.05. The number of benzene rings is 2. The second kappa shape index (κ2) is 5.76. The van der Waals surface area contributed by atoms with E-state index in [0.717, 1.165) is 11.9 Å². The third-order valence-electron chi connectivity index (χ3n) is 5.37. The van der Waals surface area contributed by atoms with Gasteiger partial charge in [0.15, 0.2) is 11.5 Å². The van der Waals surface area contributed by atoms with E-state index in [-0.39, 0.29) is 12.1 Å². The van der Waals surface area contributed by atoms with E-state index in [9.17, 15) is 11.0 Å². The van der Waals surface area contributed by atoms with E-state index >= 15 is 0 Å². The molecule has 2 atom stereocenters. The van der Waals surface area contributed by atoms with Gasteiger partial charge in [0.1, 0.15) is 8.78 Å². The maximum absolute atomic E-state index is 13.6. The number of para-hydroxylation sites is 1. The first-order valence-electron chi connectivity index (χ1n) is 13.0. The monoisotopic (exact) mass is 397 g/mol. The number of likely N-dealkylation sites (N-methyl/N-ethyl adjacent to an activating group) is 1. The van der Waals surface area contributed by atoms with Crippen molar-refractivity contribution in [3.63, 3.8) is 0 Å². The van der Waals surface area contributed by atoms with Crippen LogP contribution < -0.4 is 9.47 Å². The Morgan fingerprint density at radius 3 is 2.97 bits per heavy atom. The van der Waals surface area contributed by atoms with Gasteiger partial charge in [0.2, 0.25) is 18.6 Å². The Morgan fingerprint density at radius 2 is 2.07 bits per heavy atom. The van der Waals surface area contributed by atoms with Crippen LogP contribution in [0.3, 0.4) is 0 Å². The molecule has 0 bridgehead atoms. The van der Waals surface area contributed by atoms with E-state index < -0.39 is 72.3 Å². The Bertz CT molecular complexity index is 1560. The molecule has 29 heavy (non-hydrogen) atoms. The number of nitrogens with one attached hydrogen (secondary N) is 1. The van der Waals surface area contributed by atoms with Crippen molar-refractivity contribution < 1.29 is 30.0 Å². The summed E-state index contributed by atoms with van der Waals surface area (Å²) in [7, 11) is 1.16. The molecular formula is C22H19N3O4. The van der Waals surface area contributed by atoms with E-state index in [1.54, 1.807) is 24.3 Å². The van der Waals surface area contributed by atoms with Crippen molar-refractivity contribution in [1.82, 2.24) is 14.8 Å². The summed E-state index contributed by atoms with van der Waals surface area (Å²) >= 11 is 0. The van der Waals surface area contributed by atoms with Gasteiger partial charge in [0.25, 0.3) is 0 Å². The molecular weight excluding hydrogens is 370 g/mol. The highest BCUT2D eigenvalue weighted by Crippen LogP contribution is 2.44. The molecule has 0 unspecified atom stereocenters. The van der Waals surface area contributed by atoms with Gasteiger partial charge in [-0.1, -0.05) is 24.2 Å². The number of aromatic amines is 1. The molecule has 2 amide bonds. The predicted octanol–water partition coefficient (Wildman–Crippen LogP) is 2.21. The van der Waals surface area contributed by atoms with Gasteiger partial charge in [-0.2, -0.15) is 0 Å². The van der Waals surface area contributed by atoms with Gasteiger partial charge in [-0.3, -0.25) is 9.59 Å². The molecule has 3 aromatic rings. The van der Waals surface area contributed by atoms with Gasteiger partial charge in [0.05, 0.1) is 20.7 Å². The van der Waals surface area contributed by atoms with Crippen molar-refractivity contribution in [1.29, 1.82) is 0 Å². The van der Waals surface area contributed by atoms with E-state index in [2.05, 4.69) is 4.98 Å². The van der Waals surface area contributed by atoms with Crippen LogP contribution in [0.4, 0.5) is 0 Å². The molecule has 3 aliphatic heterocycles. The van der Waals surface area contributed by atoms with Crippen LogP contribution in [0.25, 0.3) is 10.9 Å². The molecule has 2 aromatic carbocycles. The fraction of sp³-hybridized carbons (Fsp3) is 0.273. The molecule has 3 aliphatic rings. The molecule has 0 spiro atoms. The quantitative estimate of drug-likeness (QED) is 0.683. The lowest BCUT2D eigenvalue weighted by molar-refractivity contribution is -0.157. The summed E-state index contributed by atoms with van der Waals surface area (Å²) in [6.45, 7) is -5.56. The SMILES string of the molecule is [2H]c1c([2H])c([C@]2([2H])c3[nH]c4ccccc4c3C[C@@H]3C(=O)N(C)C([2H])([2H])C(=O)N32)c([2H])c2c1OC([2H])([2H])O2. The summed E-state index contributed by atoms with van der Waals surface area (Å²) in [6.07, 6.45) is -0.0491. The summed E-state index contributed by atoms with van der Waals surface area (Å²) in [5.41, 5.74) is 0.523. The number of hydrogen-bond acceptors (Lipinski definition) is 4. The first-order valence-corrected chi connectivity index (χ1v) is 8.95. The molecule has 1 N–H and O–H groups in total. The molecule has 1 saturated heterocycles. The number of fused-ring (bicyclic) bond motifs is 5. The molecule has 6 rings (SSSR count). The molecule has 4 heterocycles. The van der Waals surface area contributed by atoms with Gasteiger partial charge in [-0.15, -0.1) is 0 Å². The summed E-state index contributed by atoms with van der Waals surface area (Å²) in [6, 6.07) is 1.01. The lowest BCUT2D eigenvalue weighted by Gasteiger charge is -2.46. The average molecular weight is 397 g/mol.